The Hall–Kier alpha value is -1.47. The molecule has 0 aromatic heterocycles. The maximum Gasteiger partial charge on any atom is 0.306 e. The maximum atomic E-state index is 11.6. The molecule has 0 unspecified atom stereocenters. The van der Waals surface area contributed by atoms with Gasteiger partial charge in [0.2, 0.25) is 10.0 Å². The summed E-state index contributed by atoms with van der Waals surface area (Å²) in [6.45, 7) is 0. The van der Waals surface area contributed by atoms with E-state index < -0.39 is 21.7 Å². The van der Waals surface area contributed by atoms with E-state index in [2.05, 4.69) is 9.46 Å². The molecule has 1 aromatic carbocycles. The largest absolute Gasteiger partial charge is 0.506 e. The molecule has 1 aromatic rings. The number of benzene rings is 1. The highest BCUT2D eigenvalue weighted by molar-refractivity contribution is 7.92. The van der Waals surface area contributed by atoms with E-state index in [1.54, 1.807) is 0 Å². The summed E-state index contributed by atoms with van der Waals surface area (Å²) >= 11 is 5.68. The molecular formula is C10H12ClNO5S. The number of phenols is 1. The molecule has 0 heterocycles. The van der Waals surface area contributed by atoms with Crippen molar-refractivity contribution in [3.8, 4) is 5.75 Å². The normalized spacial score (nSPS) is 11.0. The average molecular weight is 294 g/mol. The van der Waals surface area contributed by atoms with Crippen molar-refractivity contribution in [2.75, 3.05) is 17.6 Å². The summed E-state index contributed by atoms with van der Waals surface area (Å²) in [5, 5.41) is 9.72. The number of carbonyl (C=O) groups excluding carboxylic acids is 1. The van der Waals surface area contributed by atoms with Gasteiger partial charge in [-0.1, -0.05) is 11.6 Å². The van der Waals surface area contributed by atoms with Gasteiger partial charge in [-0.05, 0) is 18.2 Å². The predicted molar refractivity (Wildman–Crippen MR) is 67.2 cm³/mol. The summed E-state index contributed by atoms with van der Waals surface area (Å²) in [4.78, 5) is 10.8. The molecule has 100 valence electrons. The van der Waals surface area contributed by atoms with Crippen molar-refractivity contribution in [3.05, 3.63) is 23.2 Å². The number of methoxy groups -OCH3 is 1. The van der Waals surface area contributed by atoms with Crippen molar-refractivity contribution in [3.63, 3.8) is 0 Å². The first-order valence-corrected chi connectivity index (χ1v) is 6.93. The quantitative estimate of drug-likeness (QED) is 0.631. The number of anilines is 1. The van der Waals surface area contributed by atoms with Crippen LogP contribution in [-0.2, 0) is 19.6 Å². The number of hydrogen-bond donors (Lipinski definition) is 2. The highest BCUT2D eigenvalue weighted by Crippen LogP contribution is 2.27. The van der Waals surface area contributed by atoms with Crippen LogP contribution in [0, 0.1) is 0 Å². The number of aromatic hydroxyl groups is 1. The monoisotopic (exact) mass is 293 g/mol. The average Bonchev–Trinajstić information content (AvgIpc) is 2.30. The second-order valence-corrected chi connectivity index (χ2v) is 5.69. The molecule has 0 radical (unpaired) electrons. The van der Waals surface area contributed by atoms with Crippen molar-refractivity contribution >= 4 is 33.3 Å². The van der Waals surface area contributed by atoms with Crippen LogP contribution in [0.3, 0.4) is 0 Å². The van der Waals surface area contributed by atoms with E-state index in [1.165, 1.54) is 25.3 Å². The van der Waals surface area contributed by atoms with Crippen LogP contribution in [-0.4, -0.2) is 32.4 Å². The van der Waals surface area contributed by atoms with Gasteiger partial charge in [0.15, 0.2) is 0 Å². The molecule has 2 N–H and O–H groups in total. The maximum absolute atomic E-state index is 11.6. The second kappa shape index (κ2) is 5.92. The lowest BCUT2D eigenvalue weighted by Crippen LogP contribution is -2.19. The van der Waals surface area contributed by atoms with Crippen molar-refractivity contribution in [2.45, 2.75) is 6.42 Å². The van der Waals surface area contributed by atoms with E-state index in [9.17, 15) is 18.3 Å². The van der Waals surface area contributed by atoms with Gasteiger partial charge >= 0.3 is 5.97 Å². The van der Waals surface area contributed by atoms with Gasteiger partial charge in [0.1, 0.15) is 5.75 Å². The molecule has 0 saturated carbocycles. The number of ether oxygens (including phenoxy) is 1. The van der Waals surface area contributed by atoms with E-state index in [0.717, 1.165) is 0 Å². The third-order valence-corrected chi connectivity index (χ3v) is 3.53. The van der Waals surface area contributed by atoms with Gasteiger partial charge < -0.3 is 9.84 Å². The highest BCUT2D eigenvalue weighted by atomic mass is 35.5. The lowest BCUT2D eigenvalue weighted by atomic mass is 10.3. The minimum Gasteiger partial charge on any atom is -0.506 e. The van der Waals surface area contributed by atoms with Crippen LogP contribution in [0.15, 0.2) is 18.2 Å². The number of sulfonamides is 1. The number of nitrogens with one attached hydrogen (secondary N) is 1. The fraction of sp³-hybridized carbons (Fsp3) is 0.300. The molecule has 0 spiro atoms. The SMILES string of the molecule is COC(=O)CCS(=O)(=O)Nc1cc(Cl)ccc1O. The lowest BCUT2D eigenvalue weighted by molar-refractivity contribution is -0.140. The van der Waals surface area contributed by atoms with Gasteiger partial charge in [-0.25, -0.2) is 8.42 Å². The third kappa shape index (κ3) is 4.42. The van der Waals surface area contributed by atoms with E-state index >= 15 is 0 Å². The van der Waals surface area contributed by atoms with Crippen LogP contribution < -0.4 is 4.72 Å². The van der Waals surface area contributed by atoms with Crippen LogP contribution in [0.2, 0.25) is 5.02 Å². The summed E-state index contributed by atoms with van der Waals surface area (Å²) in [5.74, 6) is -1.32. The zero-order valence-corrected chi connectivity index (χ0v) is 11.1. The highest BCUT2D eigenvalue weighted by Gasteiger charge is 2.15. The molecule has 0 aliphatic rings. The molecule has 8 heteroatoms. The van der Waals surface area contributed by atoms with E-state index in [1.807, 2.05) is 0 Å². The summed E-state index contributed by atoms with van der Waals surface area (Å²) in [6, 6.07) is 3.95. The van der Waals surface area contributed by atoms with Gasteiger partial charge in [-0.15, -0.1) is 0 Å². The van der Waals surface area contributed by atoms with Crippen molar-refractivity contribution in [1.82, 2.24) is 0 Å². The lowest BCUT2D eigenvalue weighted by Gasteiger charge is -2.09. The second-order valence-electron chi connectivity index (χ2n) is 3.41. The number of phenolic OH excluding ortho intramolecular Hbond substituents is 1. The van der Waals surface area contributed by atoms with Gasteiger partial charge in [-0.2, -0.15) is 0 Å². The molecule has 0 aliphatic heterocycles. The molecule has 0 fully saturated rings. The van der Waals surface area contributed by atoms with E-state index in [0.29, 0.717) is 0 Å². The number of halogens is 1. The smallest absolute Gasteiger partial charge is 0.306 e. The summed E-state index contributed by atoms with van der Waals surface area (Å²) in [7, 11) is -2.58. The number of hydrogen-bond acceptors (Lipinski definition) is 5. The Bertz CT molecular complexity index is 543. The minimum absolute atomic E-state index is 0.0348. The molecule has 1 rings (SSSR count). The summed E-state index contributed by atoms with van der Waals surface area (Å²) in [5.41, 5.74) is -0.0348. The van der Waals surface area contributed by atoms with E-state index in [-0.39, 0.29) is 22.9 Å². The van der Waals surface area contributed by atoms with E-state index in [4.69, 9.17) is 11.6 Å². The van der Waals surface area contributed by atoms with Gasteiger partial charge in [0.05, 0.1) is 25.0 Å². The minimum atomic E-state index is -3.75. The van der Waals surface area contributed by atoms with Crippen LogP contribution in [0.1, 0.15) is 6.42 Å². The Balaban J connectivity index is 2.76. The van der Waals surface area contributed by atoms with Crippen molar-refractivity contribution in [2.24, 2.45) is 0 Å². The molecule has 18 heavy (non-hydrogen) atoms. The predicted octanol–water partition coefficient (Wildman–Crippen LogP) is 1.35. The Kier molecular flexibility index (Phi) is 4.80. The summed E-state index contributed by atoms with van der Waals surface area (Å²) < 4.78 is 29.7. The van der Waals surface area contributed by atoms with Crippen molar-refractivity contribution in [1.29, 1.82) is 0 Å². The van der Waals surface area contributed by atoms with Crippen LogP contribution in [0.4, 0.5) is 5.69 Å². The van der Waals surface area contributed by atoms with Gasteiger partial charge in [-0.3, -0.25) is 9.52 Å². The fourth-order valence-electron chi connectivity index (χ4n) is 1.13. The Morgan fingerprint density at radius 1 is 1.50 bits per heavy atom. The summed E-state index contributed by atoms with van der Waals surface area (Å²) in [6.07, 6.45) is -0.271. The fourth-order valence-corrected chi connectivity index (χ4v) is 2.34. The van der Waals surface area contributed by atoms with Crippen LogP contribution in [0.5, 0.6) is 5.75 Å². The first-order chi connectivity index (χ1) is 8.34. The Morgan fingerprint density at radius 3 is 2.78 bits per heavy atom. The number of carbonyl (C=O) groups is 1. The topological polar surface area (TPSA) is 92.7 Å². The molecule has 0 saturated heterocycles. The number of rotatable bonds is 5. The molecule has 0 amide bonds. The molecule has 6 nitrogen and oxygen atoms in total. The Labute approximate surface area is 110 Å². The van der Waals surface area contributed by atoms with Crippen LogP contribution >= 0.6 is 11.6 Å². The Morgan fingerprint density at radius 2 is 2.17 bits per heavy atom. The zero-order valence-electron chi connectivity index (χ0n) is 9.51. The van der Waals surface area contributed by atoms with Crippen molar-refractivity contribution < 1.29 is 23.1 Å². The first-order valence-electron chi connectivity index (χ1n) is 4.90. The molecule has 0 atom stereocenters. The zero-order chi connectivity index (χ0) is 13.8. The number of esters is 1. The van der Waals surface area contributed by atoms with Gasteiger partial charge in [0, 0.05) is 5.02 Å². The third-order valence-electron chi connectivity index (χ3n) is 2.03. The molecular weight excluding hydrogens is 282 g/mol. The standard InChI is InChI=1S/C10H12ClNO5S/c1-17-10(14)4-5-18(15,16)12-8-6-7(11)2-3-9(8)13/h2-3,6,12-13H,4-5H2,1H3. The first kappa shape index (κ1) is 14.6. The molecule has 0 bridgehead atoms. The molecule has 0 aliphatic carbocycles. The van der Waals surface area contributed by atoms with Crippen LogP contribution in [0.25, 0.3) is 0 Å². The van der Waals surface area contributed by atoms with Gasteiger partial charge in [0.25, 0.3) is 0 Å².